The second-order valence-electron chi connectivity index (χ2n) is 5.59. The highest BCUT2D eigenvalue weighted by Crippen LogP contribution is 2.30. The summed E-state index contributed by atoms with van der Waals surface area (Å²) in [7, 11) is 1.58. The van der Waals surface area contributed by atoms with Gasteiger partial charge in [0.25, 0.3) is 0 Å². The van der Waals surface area contributed by atoms with Gasteiger partial charge in [-0.1, -0.05) is 18.2 Å². The number of imidazole rings is 1. The first-order chi connectivity index (χ1) is 11.2. The summed E-state index contributed by atoms with van der Waals surface area (Å²) in [4.78, 5) is 16.0. The van der Waals surface area contributed by atoms with Crippen LogP contribution < -0.4 is 4.74 Å². The van der Waals surface area contributed by atoms with E-state index < -0.39 is 0 Å². The van der Waals surface area contributed by atoms with Gasteiger partial charge in [-0.05, 0) is 36.6 Å². The van der Waals surface area contributed by atoms with E-state index in [0.29, 0.717) is 6.01 Å². The first kappa shape index (κ1) is 15.2. The van der Waals surface area contributed by atoms with Gasteiger partial charge in [-0.15, -0.1) is 0 Å². The molecule has 0 aliphatic rings. The van der Waals surface area contributed by atoms with Crippen molar-refractivity contribution in [1.29, 1.82) is 0 Å². The van der Waals surface area contributed by atoms with E-state index in [1.807, 2.05) is 12.3 Å². The molecule has 3 rings (SSSR count). The van der Waals surface area contributed by atoms with Crippen LogP contribution in [-0.2, 0) is 6.42 Å². The number of aromatic nitrogens is 4. The molecule has 0 bridgehead atoms. The zero-order valence-electron chi connectivity index (χ0n) is 13.6. The Morgan fingerprint density at radius 1 is 1.22 bits per heavy atom. The Bertz CT molecular complexity index is 783. The molecule has 23 heavy (non-hydrogen) atoms. The van der Waals surface area contributed by atoms with E-state index in [4.69, 9.17) is 4.74 Å². The second-order valence-corrected chi connectivity index (χ2v) is 5.59. The maximum absolute atomic E-state index is 5.13. The fourth-order valence-corrected chi connectivity index (χ4v) is 2.79. The molecule has 1 atom stereocenters. The van der Waals surface area contributed by atoms with E-state index in [9.17, 15) is 0 Å². The van der Waals surface area contributed by atoms with Gasteiger partial charge in [-0.3, -0.25) is 0 Å². The largest absolute Gasteiger partial charge is 0.467 e. The first-order valence-electron chi connectivity index (χ1n) is 7.59. The normalized spacial score (nSPS) is 12.1. The minimum atomic E-state index is 0.164. The minimum absolute atomic E-state index is 0.164. The SMILES string of the molecule is COc1nccc(C[C@@H](c2cnc[nH]2)c2cccc(C)c2C)n1. The van der Waals surface area contributed by atoms with E-state index in [1.165, 1.54) is 16.7 Å². The van der Waals surface area contributed by atoms with Crippen molar-refractivity contribution in [1.82, 2.24) is 19.9 Å². The Balaban J connectivity index is 2.01. The molecule has 0 aliphatic heterocycles. The van der Waals surface area contributed by atoms with Gasteiger partial charge in [-0.2, -0.15) is 0 Å². The molecule has 0 spiro atoms. The molecule has 1 N–H and O–H groups in total. The lowest BCUT2D eigenvalue weighted by molar-refractivity contribution is 0.377. The lowest BCUT2D eigenvalue weighted by Gasteiger charge is -2.19. The highest BCUT2D eigenvalue weighted by Gasteiger charge is 2.20. The van der Waals surface area contributed by atoms with Gasteiger partial charge >= 0.3 is 6.01 Å². The smallest absolute Gasteiger partial charge is 0.316 e. The lowest BCUT2D eigenvalue weighted by Crippen LogP contribution is -2.10. The maximum atomic E-state index is 5.13. The molecule has 0 unspecified atom stereocenters. The molecular weight excluding hydrogens is 288 g/mol. The van der Waals surface area contributed by atoms with E-state index in [0.717, 1.165) is 17.8 Å². The van der Waals surface area contributed by atoms with Gasteiger partial charge < -0.3 is 9.72 Å². The molecular formula is C18H20N4O. The number of rotatable bonds is 5. The van der Waals surface area contributed by atoms with E-state index >= 15 is 0 Å². The minimum Gasteiger partial charge on any atom is -0.467 e. The van der Waals surface area contributed by atoms with Crippen LogP contribution in [0.1, 0.15) is 34.0 Å². The zero-order valence-corrected chi connectivity index (χ0v) is 13.6. The zero-order chi connectivity index (χ0) is 16.2. The van der Waals surface area contributed by atoms with Crippen LogP contribution in [0.15, 0.2) is 43.0 Å². The van der Waals surface area contributed by atoms with Crippen LogP contribution in [0.2, 0.25) is 0 Å². The van der Waals surface area contributed by atoms with Gasteiger partial charge in [-0.25, -0.2) is 15.0 Å². The Kier molecular flexibility index (Phi) is 4.37. The van der Waals surface area contributed by atoms with Crippen molar-refractivity contribution in [3.63, 3.8) is 0 Å². The highest BCUT2D eigenvalue weighted by atomic mass is 16.5. The Hall–Kier alpha value is -2.69. The second kappa shape index (κ2) is 6.60. The molecule has 0 aliphatic carbocycles. The quantitative estimate of drug-likeness (QED) is 0.786. The van der Waals surface area contributed by atoms with E-state index in [1.54, 1.807) is 19.6 Å². The van der Waals surface area contributed by atoms with Crippen LogP contribution in [0.25, 0.3) is 0 Å². The molecule has 0 saturated heterocycles. The van der Waals surface area contributed by atoms with Crippen LogP contribution in [0.4, 0.5) is 0 Å². The van der Waals surface area contributed by atoms with Gasteiger partial charge in [0.1, 0.15) is 0 Å². The summed E-state index contributed by atoms with van der Waals surface area (Å²) in [5, 5.41) is 0. The lowest BCUT2D eigenvalue weighted by atomic mass is 9.87. The van der Waals surface area contributed by atoms with E-state index in [-0.39, 0.29) is 5.92 Å². The molecule has 0 amide bonds. The summed E-state index contributed by atoms with van der Waals surface area (Å²) in [6, 6.07) is 8.73. The van der Waals surface area contributed by atoms with Crippen LogP contribution in [0, 0.1) is 13.8 Å². The van der Waals surface area contributed by atoms with Gasteiger partial charge in [0, 0.05) is 36.1 Å². The molecule has 3 aromatic rings. The van der Waals surface area contributed by atoms with Crippen LogP contribution in [0.5, 0.6) is 6.01 Å². The number of nitrogens with zero attached hydrogens (tertiary/aromatic N) is 3. The molecule has 0 radical (unpaired) electrons. The predicted molar refractivity (Wildman–Crippen MR) is 88.6 cm³/mol. The Morgan fingerprint density at radius 2 is 2.09 bits per heavy atom. The molecule has 2 aromatic heterocycles. The van der Waals surface area contributed by atoms with Crippen molar-refractivity contribution in [2.45, 2.75) is 26.2 Å². The number of hydrogen-bond acceptors (Lipinski definition) is 4. The summed E-state index contributed by atoms with van der Waals surface area (Å²) in [5.41, 5.74) is 5.89. The fraction of sp³-hybridized carbons (Fsp3) is 0.278. The van der Waals surface area contributed by atoms with Gasteiger partial charge in [0.15, 0.2) is 0 Å². The van der Waals surface area contributed by atoms with Crippen LogP contribution in [0.3, 0.4) is 0 Å². The third-order valence-corrected chi connectivity index (χ3v) is 4.20. The third kappa shape index (κ3) is 3.23. The molecule has 5 heteroatoms. The molecule has 0 saturated carbocycles. The Labute approximate surface area is 135 Å². The number of aromatic amines is 1. The summed E-state index contributed by atoms with van der Waals surface area (Å²) in [6.07, 6.45) is 6.08. The van der Waals surface area contributed by atoms with Gasteiger partial charge in [0.05, 0.1) is 13.4 Å². The third-order valence-electron chi connectivity index (χ3n) is 4.20. The number of nitrogens with one attached hydrogen (secondary N) is 1. The van der Waals surface area contributed by atoms with Crippen molar-refractivity contribution >= 4 is 0 Å². The van der Waals surface area contributed by atoms with E-state index in [2.05, 4.69) is 52.0 Å². The highest BCUT2D eigenvalue weighted by molar-refractivity contribution is 5.40. The van der Waals surface area contributed by atoms with Crippen molar-refractivity contribution in [2.75, 3.05) is 7.11 Å². The number of ether oxygens (including phenoxy) is 1. The molecule has 0 fully saturated rings. The monoisotopic (exact) mass is 308 g/mol. The summed E-state index contributed by atoms with van der Waals surface area (Å²) >= 11 is 0. The van der Waals surface area contributed by atoms with Crippen molar-refractivity contribution in [3.05, 3.63) is 71.1 Å². The number of hydrogen-bond donors (Lipinski definition) is 1. The molecule has 1 aromatic carbocycles. The van der Waals surface area contributed by atoms with Crippen molar-refractivity contribution in [3.8, 4) is 6.01 Å². The summed E-state index contributed by atoms with van der Waals surface area (Å²) < 4.78 is 5.13. The number of H-pyrrole nitrogens is 1. The van der Waals surface area contributed by atoms with Gasteiger partial charge in [0.2, 0.25) is 0 Å². The predicted octanol–water partition coefficient (Wildman–Crippen LogP) is 3.20. The molecule has 118 valence electrons. The topological polar surface area (TPSA) is 63.7 Å². The maximum Gasteiger partial charge on any atom is 0.316 e. The fourth-order valence-electron chi connectivity index (χ4n) is 2.79. The number of methoxy groups -OCH3 is 1. The van der Waals surface area contributed by atoms with Crippen molar-refractivity contribution < 1.29 is 4.74 Å². The molecule has 5 nitrogen and oxygen atoms in total. The van der Waals surface area contributed by atoms with Crippen LogP contribution >= 0.6 is 0 Å². The molecule has 2 heterocycles. The number of aryl methyl sites for hydroxylation is 1. The van der Waals surface area contributed by atoms with Crippen molar-refractivity contribution in [2.24, 2.45) is 0 Å². The average molecular weight is 308 g/mol. The Morgan fingerprint density at radius 3 is 2.83 bits per heavy atom. The van der Waals surface area contributed by atoms with Crippen LogP contribution in [-0.4, -0.2) is 27.0 Å². The average Bonchev–Trinajstić information content (AvgIpc) is 3.10. The standard InChI is InChI=1S/C18H20N4O/c1-12-5-4-6-15(13(12)2)16(17-10-19-11-21-17)9-14-7-8-20-18(22-14)23-3/h4-8,10-11,16H,9H2,1-3H3,(H,19,21)/t16-/m1/s1. The summed E-state index contributed by atoms with van der Waals surface area (Å²) in [6.45, 7) is 4.30. The summed E-state index contributed by atoms with van der Waals surface area (Å²) in [5.74, 6) is 0.164. The number of benzene rings is 1. The first-order valence-corrected chi connectivity index (χ1v) is 7.59.